The van der Waals surface area contributed by atoms with Crippen LogP contribution in [0.3, 0.4) is 0 Å². The Morgan fingerprint density at radius 1 is 1.19 bits per heavy atom. The monoisotopic (exact) mass is 358 g/mol. The van der Waals surface area contributed by atoms with Crippen LogP contribution < -0.4 is 10.6 Å². The molecule has 2 saturated carbocycles. The summed E-state index contributed by atoms with van der Waals surface area (Å²) in [7, 11) is 0. The second-order valence-corrected chi connectivity index (χ2v) is 8.00. The van der Waals surface area contributed by atoms with Crippen molar-refractivity contribution >= 4 is 5.96 Å². The third-order valence-corrected chi connectivity index (χ3v) is 6.14. The van der Waals surface area contributed by atoms with Gasteiger partial charge in [-0.3, -0.25) is 9.89 Å². The molecular formula is C21H31FN4. The Bertz CT molecular complexity index is 641. The first-order chi connectivity index (χ1) is 12.7. The molecule has 4 rings (SSSR count). The molecule has 1 aliphatic heterocycles. The number of aliphatic imine (C=N–C) groups is 1. The van der Waals surface area contributed by atoms with Crippen LogP contribution in [-0.4, -0.2) is 48.6 Å². The lowest BCUT2D eigenvalue weighted by atomic mass is 10.1. The summed E-state index contributed by atoms with van der Waals surface area (Å²) in [5.74, 6) is 1.07. The Morgan fingerprint density at radius 2 is 2.00 bits per heavy atom. The van der Waals surface area contributed by atoms with E-state index >= 15 is 0 Å². The van der Waals surface area contributed by atoms with Crippen LogP contribution in [0.2, 0.25) is 0 Å². The van der Waals surface area contributed by atoms with Gasteiger partial charge in [-0.1, -0.05) is 31.0 Å². The molecule has 3 aliphatic rings. The minimum absolute atomic E-state index is 0.0910. The van der Waals surface area contributed by atoms with Gasteiger partial charge in [-0.2, -0.15) is 0 Å². The quantitative estimate of drug-likeness (QED) is 0.627. The zero-order valence-electron chi connectivity index (χ0n) is 15.8. The van der Waals surface area contributed by atoms with Crippen molar-refractivity contribution in [2.45, 2.75) is 69.5 Å². The van der Waals surface area contributed by atoms with Crippen molar-refractivity contribution in [3.8, 4) is 0 Å². The van der Waals surface area contributed by atoms with E-state index in [9.17, 15) is 4.39 Å². The first-order valence-electron chi connectivity index (χ1n) is 10.3. The molecule has 4 nitrogen and oxygen atoms in total. The van der Waals surface area contributed by atoms with Crippen molar-refractivity contribution in [2.24, 2.45) is 4.99 Å². The highest BCUT2D eigenvalue weighted by Gasteiger charge is 2.41. The molecule has 3 atom stereocenters. The molecule has 1 saturated heterocycles. The Labute approximate surface area is 156 Å². The van der Waals surface area contributed by atoms with Gasteiger partial charge in [-0.15, -0.1) is 0 Å². The average molecular weight is 359 g/mol. The van der Waals surface area contributed by atoms with E-state index in [0.29, 0.717) is 6.04 Å². The molecule has 0 bridgehead atoms. The lowest BCUT2D eigenvalue weighted by molar-refractivity contribution is 0.242. The van der Waals surface area contributed by atoms with Crippen LogP contribution in [0.25, 0.3) is 0 Å². The van der Waals surface area contributed by atoms with E-state index in [-0.39, 0.29) is 17.8 Å². The van der Waals surface area contributed by atoms with Crippen molar-refractivity contribution in [2.75, 3.05) is 19.6 Å². The van der Waals surface area contributed by atoms with Crippen LogP contribution in [0.4, 0.5) is 4.39 Å². The highest BCUT2D eigenvalue weighted by Crippen LogP contribution is 2.41. The highest BCUT2D eigenvalue weighted by molar-refractivity contribution is 5.81. The second kappa shape index (κ2) is 7.95. The summed E-state index contributed by atoms with van der Waals surface area (Å²) in [5.41, 5.74) is 0.828. The van der Waals surface area contributed by atoms with Crippen LogP contribution >= 0.6 is 0 Å². The zero-order valence-corrected chi connectivity index (χ0v) is 15.8. The van der Waals surface area contributed by atoms with Crippen molar-refractivity contribution in [3.63, 3.8) is 0 Å². The van der Waals surface area contributed by atoms with Gasteiger partial charge in [0.1, 0.15) is 5.82 Å². The summed E-state index contributed by atoms with van der Waals surface area (Å²) in [6, 6.07) is 8.70. The number of nitrogens with one attached hydrogen (secondary N) is 2. The molecule has 1 aromatic rings. The lowest BCUT2D eigenvalue weighted by Gasteiger charge is -2.24. The van der Waals surface area contributed by atoms with Gasteiger partial charge in [0.05, 0.1) is 0 Å². The van der Waals surface area contributed by atoms with Crippen LogP contribution in [0, 0.1) is 5.82 Å². The summed E-state index contributed by atoms with van der Waals surface area (Å²) in [6.45, 7) is 5.13. The van der Waals surface area contributed by atoms with Crippen LogP contribution in [0.5, 0.6) is 0 Å². The molecule has 0 aromatic heterocycles. The van der Waals surface area contributed by atoms with E-state index in [4.69, 9.17) is 0 Å². The summed E-state index contributed by atoms with van der Waals surface area (Å²) >= 11 is 0. The minimum atomic E-state index is -0.0910. The molecule has 0 radical (unpaired) electrons. The van der Waals surface area contributed by atoms with Crippen molar-refractivity contribution in [3.05, 3.63) is 35.6 Å². The van der Waals surface area contributed by atoms with Gasteiger partial charge in [0, 0.05) is 43.7 Å². The van der Waals surface area contributed by atoms with Gasteiger partial charge in [-0.05, 0) is 44.2 Å². The lowest BCUT2D eigenvalue weighted by Crippen LogP contribution is -2.46. The maximum atomic E-state index is 14.0. The fourth-order valence-corrected chi connectivity index (χ4v) is 4.64. The van der Waals surface area contributed by atoms with E-state index in [1.807, 2.05) is 12.1 Å². The molecule has 26 heavy (non-hydrogen) atoms. The predicted molar refractivity (Wildman–Crippen MR) is 104 cm³/mol. The first-order valence-corrected chi connectivity index (χ1v) is 10.3. The molecule has 5 heteroatoms. The molecule has 1 aromatic carbocycles. The third kappa shape index (κ3) is 4.03. The van der Waals surface area contributed by atoms with E-state index in [0.717, 1.165) is 37.1 Å². The Morgan fingerprint density at radius 3 is 2.77 bits per heavy atom. The summed E-state index contributed by atoms with van der Waals surface area (Å²) in [6.07, 6.45) is 7.68. The van der Waals surface area contributed by atoms with Crippen LogP contribution in [0.1, 0.15) is 56.9 Å². The highest BCUT2D eigenvalue weighted by atomic mass is 19.1. The molecule has 0 amide bonds. The molecule has 2 N–H and O–H groups in total. The van der Waals surface area contributed by atoms with Gasteiger partial charge in [0.25, 0.3) is 0 Å². The Balaban J connectivity index is 1.30. The standard InChI is InChI=1S/C21H31FN4/c1-2-23-21(24-15-11-12-26(14-15)16-7-3-4-8-16)25-20-13-18(20)17-9-5-6-10-19(17)22/h5-6,9-10,15-16,18,20H,2-4,7-8,11-14H2,1H3,(H2,23,24,25). The molecule has 2 aliphatic carbocycles. The SMILES string of the molecule is CCN=C(NC1CCN(C2CCCC2)C1)NC1CC1c1ccccc1F. The molecule has 142 valence electrons. The number of guanidine groups is 1. The summed E-state index contributed by atoms with van der Waals surface area (Å²) < 4.78 is 14.0. The number of halogens is 1. The number of benzene rings is 1. The number of rotatable bonds is 5. The maximum Gasteiger partial charge on any atom is 0.191 e. The van der Waals surface area contributed by atoms with Crippen LogP contribution in [0.15, 0.2) is 29.3 Å². The molecule has 0 spiro atoms. The maximum absolute atomic E-state index is 14.0. The second-order valence-electron chi connectivity index (χ2n) is 8.00. The molecule has 3 fully saturated rings. The number of nitrogens with zero attached hydrogens (tertiary/aromatic N) is 2. The van der Waals surface area contributed by atoms with Crippen LogP contribution in [-0.2, 0) is 0 Å². The fraction of sp³-hybridized carbons (Fsp3) is 0.667. The number of likely N-dealkylation sites (tertiary alicyclic amines) is 1. The van der Waals surface area contributed by atoms with Crippen molar-refractivity contribution in [1.29, 1.82) is 0 Å². The van der Waals surface area contributed by atoms with E-state index in [2.05, 4.69) is 27.4 Å². The van der Waals surface area contributed by atoms with Crippen molar-refractivity contribution in [1.82, 2.24) is 15.5 Å². The number of hydrogen-bond acceptors (Lipinski definition) is 2. The average Bonchev–Trinajstić information content (AvgIpc) is 3.03. The van der Waals surface area contributed by atoms with Gasteiger partial charge < -0.3 is 10.6 Å². The fourth-order valence-electron chi connectivity index (χ4n) is 4.64. The predicted octanol–water partition coefficient (Wildman–Crippen LogP) is 3.25. The third-order valence-electron chi connectivity index (χ3n) is 6.14. The zero-order chi connectivity index (χ0) is 17.9. The number of hydrogen-bond donors (Lipinski definition) is 2. The Hall–Kier alpha value is -1.62. The van der Waals surface area contributed by atoms with Gasteiger partial charge in [-0.25, -0.2) is 4.39 Å². The summed E-state index contributed by atoms with van der Waals surface area (Å²) in [4.78, 5) is 7.28. The van der Waals surface area contributed by atoms with E-state index in [1.54, 1.807) is 12.1 Å². The minimum Gasteiger partial charge on any atom is -0.353 e. The molecule has 3 unspecified atom stereocenters. The topological polar surface area (TPSA) is 39.7 Å². The largest absolute Gasteiger partial charge is 0.353 e. The smallest absolute Gasteiger partial charge is 0.191 e. The van der Waals surface area contributed by atoms with Gasteiger partial charge in [0.15, 0.2) is 5.96 Å². The molecular weight excluding hydrogens is 327 g/mol. The molecule has 1 heterocycles. The van der Waals surface area contributed by atoms with E-state index in [1.165, 1.54) is 38.6 Å². The first kappa shape index (κ1) is 17.8. The Kier molecular flexibility index (Phi) is 5.44. The van der Waals surface area contributed by atoms with E-state index < -0.39 is 0 Å². The summed E-state index contributed by atoms with van der Waals surface area (Å²) in [5, 5.41) is 7.16. The van der Waals surface area contributed by atoms with Gasteiger partial charge >= 0.3 is 0 Å². The normalized spacial score (nSPS) is 29.9. The van der Waals surface area contributed by atoms with Crippen molar-refractivity contribution < 1.29 is 4.39 Å². The van der Waals surface area contributed by atoms with Gasteiger partial charge in [0.2, 0.25) is 0 Å².